The fourth-order valence-corrected chi connectivity index (χ4v) is 3.49. The van der Waals surface area contributed by atoms with E-state index >= 15 is 0 Å². The average Bonchev–Trinajstić information content (AvgIpc) is 2.93. The second kappa shape index (κ2) is 4.62. The zero-order chi connectivity index (χ0) is 14.3. The molecule has 1 unspecified atom stereocenters. The van der Waals surface area contributed by atoms with Gasteiger partial charge in [0.15, 0.2) is 5.78 Å². The molecule has 2 aliphatic carbocycles. The second-order valence-electron chi connectivity index (χ2n) is 6.05. The van der Waals surface area contributed by atoms with Crippen LogP contribution >= 0.6 is 0 Å². The first-order chi connectivity index (χ1) is 9.52. The predicted octanol–water partition coefficient (Wildman–Crippen LogP) is 4.70. The Morgan fingerprint density at radius 3 is 2.85 bits per heavy atom. The zero-order valence-electron chi connectivity index (χ0n) is 12.2. The van der Waals surface area contributed by atoms with E-state index < -0.39 is 0 Å². The topological polar surface area (TPSA) is 30.2 Å². The van der Waals surface area contributed by atoms with Crippen LogP contribution in [0, 0.1) is 5.41 Å². The summed E-state index contributed by atoms with van der Waals surface area (Å²) in [5, 5.41) is 0. The van der Waals surface area contributed by atoms with Crippen molar-refractivity contribution in [2.75, 3.05) is 0 Å². The zero-order valence-corrected chi connectivity index (χ0v) is 12.2. The lowest BCUT2D eigenvalue weighted by atomic mass is 9.61. The van der Waals surface area contributed by atoms with Gasteiger partial charge in [-0.1, -0.05) is 17.7 Å². The normalized spacial score (nSPS) is 29.0. The molecular formula is C18H20O2. The van der Waals surface area contributed by atoms with Crippen molar-refractivity contribution >= 4 is 11.9 Å². The largest absolute Gasteiger partial charge is 0.465 e. The second-order valence-corrected chi connectivity index (χ2v) is 6.05. The molecule has 0 aromatic carbocycles. The number of ketones is 1. The number of hydrogen-bond donors (Lipinski definition) is 0. The first kappa shape index (κ1) is 13.2. The Balaban J connectivity index is 2.01. The first-order valence-electron chi connectivity index (χ1n) is 7.19. The third kappa shape index (κ3) is 1.91. The number of rotatable bonds is 1. The number of allylic oxidation sites excluding steroid dienone is 4. The monoisotopic (exact) mass is 268 g/mol. The lowest BCUT2D eigenvalue weighted by molar-refractivity contribution is -0.123. The highest BCUT2D eigenvalue weighted by molar-refractivity contribution is 6.06. The number of carbonyl (C=O) groups excluding carboxylic acids is 1. The SMILES string of the molecule is C=C1CCC2(C)C(=O)C(=Cc3ccco3)CCC2=C1C. The van der Waals surface area contributed by atoms with Crippen LogP contribution in [0.15, 0.2) is 51.7 Å². The van der Waals surface area contributed by atoms with E-state index in [2.05, 4.69) is 20.4 Å². The summed E-state index contributed by atoms with van der Waals surface area (Å²) in [7, 11) is 0. The molecule has 2 aliphatic rings. The minimum absolute atomic E-state index is 0.266. The number of furan rings is 1. The van der Waals surface area contributed by atoms with Crippen molar-refractivity contribution in [2.24, 2.45) is 5.41 Å². The number of fused-ring (bicyclic) bond motifs is 1. The summed E-state index contributed by atoms with van der Waals surface area (Å²) in [5.74, 6) is 1.03. The average molecular weight is 268 g/mol. The first-order valence-corrected chi connectivity index (χ1v) is 7.19. The van der Waals surface area contributed by atoms with E-state index in [4.69, 9.17) is 4.42 Å². The molecule has 0 amide bonds. The summed E-state index contributed by atoms with van der Waals surface area (Å²) in [4.78, 5) is 12.9. The van der Waals surface area contributed by atoms with E-state index in [9.17, 15) is 4.79 Å². The molecule has 20 heavy (non-hydrogen) atoms. The number of carbonyl (C=O) groups is 1. The lowest BCUT2D eigenvalue weighted by Gasteiger charge is -2.41. The molecule has 0 aliphatic heterocycles. The molecule has 0 radical (unpaired) electrons. The maximum atomic E-state index is 12.9. The Hall–Kier alpha value is -1.83. The van der Waals surface area contributed by atoms with Gasteiger partial charge >= 0.3 is 0 Å². The van der Waals surface area contributed by atoms with Gasteiger partial charge in [0.25, 0.3) is 0 Å². The molecule has 1 saturated carbocycles. The van der Waals surface area contributed by atoms with Crippen LogP contribution in [-0.2, 0) is 4.79 Å². The van der Waals surface area contributed by atoms with Gasteiger partial charge in [-0.25, -0.2) is 0 Å². The van der Waals surface area contributed by atoms with Gasteiger partial charge < -0.3 is 4.42 Å². The van der Waals surface area contributed by atoms with Gasteiger partial charge in [-0.2, -0.15) is 0 Å². The van der Waals surface area contributed by atoms with E-state index in [0.29, 0.717) is 0 Å². The van der Waals surface area contributed by atoms with Crippen LogP contribution in [0.2, 0.25) is 0 Å². The van der Waals surface area contributed by atoms with Crippen LogP contribution in [0.1, 0.15) is 45.3 Å². The lowest BCUT2D eigenvalue weighted by Crippen LogP contribution is -2.38. The molecule has 2 heteroatoms. The van der Waals surface area contributed by atoms with Gasteiger partial charge in [-0.15, -0.1) is 0 Å². The van der Waals surface area contributed by atoms with Gasteiger partial charge in [0.1, 0.15) is 5.76 Å². The molecule has 0 bridgehead atoms. The smallest absolute Gasteiger partial charge is 0.168 e. The van der Waals surface area contributed by atoms with Crippen LogP contribution < -0.4 is 0 Å². The van der Waals surface area contributed by atoms with E-state index in [1.165, 1.54) is 16.7 Å². The Labute approximate surface area is 119 Å². The van der Waals surface area contributed by atoms with Crippen molar-refractivity contribution in [3.63, 3.8) is 0 Å². The van der Waals surface area contributed by atoms with Crippen molar-refractivity contribution in [1.82, 2.24) is 0 Å². The molecule has 1 heterocycles. The minimum atomic E-state index is -0.331. The molecule has 3 rings (SSSR count). The molecule has 0 spiro atoms. The summed E-state index contributed by atoms with van der Waals surface area (Å²) in [6.07, 6.45) is 7.11. The third-order valence-electron chi connectivity index (χ3n) is 4.87. The summed E-state index contributed by atoms with van der Waals surface area (Å²) < 4.78 is 5.34. The van der Waals surface area contributed by atoms with Crippen molar-refractivity contribution in [3.05, 3.63) is 53.0 Å². The molecule has 104 valence electrons. The molecular weight excluding hydrogens is 248 g/mol. The minimum Gasteiger partial charge on any atom is -0.465 e. The van der Waals surface area contributed by atoms with Gasteiger partial charge in [-0.3, -0.25) is 4.79 Å². The van der Waals surface area contributed by atoms with E-state index in [0.717, 1.165) is 37.0 Å². The fourth-order valence-electron chi connectivity index (χ4n) is 3.49. The molecule has 0 saturated heterocycles. The Kier molecular flexibility index (Phi) is 3.04. The van der Waals surface area contributed by atoms with Gasteiger partial charge in [-0.05, 0) is 63.3 Å². The summed E-state index contributed by atoms with van der Waals surface area (Å²) in [5.41, 5.74) is 4.32. The van der Waals surface area contributed by atoms with Gasteiger partial charge in [0, 0.05) is 5.57 Å². The van der Waals surface area contributed by atoms with Crippen molar-refractivity contribution in [3.8, 4) is 0 Å². The van der Waals surface area contributed by atoms with Gasteiger partial charge in [0.05, 0.1) is 11.7 Å². The van der Waals surface area contributed by atoms with Gasteiger partial charge in [0.2, 0.25) is 0 Å². The van der Waals surface area contributed by atoms with Crippen molar-refractivity contribution in [2.45, 2.75) is 39.5 Å². The van der Waals surface area contributed by atoms with E-state index in [1.54, 1.807) is 6.26 Å². The van der Waals surface area contributed by atoms with Crippen LogP contribution in [0.25, 0.3) is 6.08 Å². The third-order valence-corrected chi connectivity index (χ3v) is 4.87. The summed E-state index contributed by atoms with van der Waals surface area (Å²) >= 11 is 0. The molecule has 0 N–H and O–H groups in total. The van der Waals surface area contributed by atoms with Crippen LogP contribution in [0.3, 0.4) is 0 Å². The number of Topliss-reactive ketones (excluding diaryl/α,β-unsaturated/α-hetero) is 1. The quantitative estimate of drug-likeness (QED) is 0.691. The molecule has 1 aromatic heterocycles. The maximum absolute atomic E-state index is 12.9. The Morgan fingerprint density at radius 2 is 2.15 bits per heavy atom. The molecule has 2 nitrogen and oxygen atoms in total. The fraction of sp³-hybridized carbons (Fsp3) is 0.389. The van der Waals surface area contributed by atoms with Crippen LogP contribution in [0.4, 0.5) is 0 Å². The highest BCUT2D eigenvalue weighted by atomic mass is 16.3. The van der Waals surface area contributed by atoms with Crippen molar-refractivity contribution < 1.29 is 9.21 Å². The Bertz CT molecular complexity index is 628. The van der Waals surface area contributed by atoms with E-state index in [1.807, 2.05) is 18.2 Å². The molecule has 1 atom stereocenters. The maximum Gasteiger partial charge on any atom is 0.168 e. The molecule has 1 fully saturated rings. The number of hydrogen-bond acceptors (Lipinski definition) is 2. The Morgan fingerprint density at radius 1 is 1.35 bits per heavy atom. The highest BCUT2D eigenvalue weighted by Gasteiger charge is 2.44. The van der Waals surface area contributed by atoms with E-state index in [-0.39, 0.29) is 11.2 Å². The van der Waals surface area contributed by atoms with Crippen LogP contribution in [0.5, 0.6) is 0 Å². The predicted molar refractivity (Wildman–Crippen MR) is 80.1 cm³/mol. The summed E-state index contributed by atoms with van der Waals surface area (Å²) in [6.45, 7) is 8.33. The highest BCUT2D eigenvalue weighted by Crippen LogP contribution is 2.50. The standard InChI is InChI=1S/C18H20O2/c1-12-8-9-18(3)16(13(12)2)7-6-14(17(18)19)11-15-5-4-10-20-15/h4-5,10-11H,1,6-9H2,2-3H3. The molecule has 1 aromatic rings. The van der Waals surface area contributed by atoms with Crippen molar-refractivity contribution in [1.29, 1.82) is 0 Å². The van der Waals surface area contributed by atoms with Crippen LogP contribution in [-0.4, -0.2) is 5.78 Å². The summed E-state index contributed by atoms with van der Waals surface area (Å²) in [6, 6.07) is 3.74.